The molecule has 0 saturated heterocycles. The predicted molar refractivity (Wildman–Crippen MR) is 104 cm³/mol. The molecule has 3 rings (SSSR count). The van der Waals surface area contributed by atoms with Crippen LogP contribution in [0.3, 0.4) is 0 Å². The summed E-state index contributed by atoms with van der Waals surface area (Å²) in [6, 6.07) is 7.22. The molecule has 1 fully saturated rings. The minimum absolute atomic E-state index is 0.303. The molecule has 1 heterocycles. The van der Waals surface area contributed by atoms with E-state index in [9.17, 15) is 14.4 Å². The van der Waals surface area contributed by atoms with Gasteiger partial charge in [0, 0.05) is 12.0 Å². The lowest BCUT2D eigenvalue weighted by Gasteiger charge is -2.41. The summed E-state index contributed by atoms with van der Waals surface area (Å²) < 4.78 is 25.9. The normalized spacial score (nSPS) is 23.1. The first-order valence-electron chi connectivity index (χ1n) is 9.97. The smallest absolute Gasteiger partial charge is 0.334 e. The van der Waals surface area contributed by atoms with E-state index >= 15 is 0 Å². The van der Waals surface area contributed by atoms with Gasteiger partial charge in [-0.05, 0) is 57.1 Å². The molecule has 0 bridgehead atoms. The summed E-state index contributed by atoms with van der Waals surface area (Å²) in [5, 5.41) is 9.26. The maximum Gasteiger partial charge on any atom is 0.334 e. The number of hydrogen-bond acceptors (Lipinski definition) is 4. The van der Waals surface area contributed by atoms with E-state index < -0.39 is 11.0 Å². The van der Waals surface area contributed by atoms with Gasteiger partial charge in [-0.2, -0.15) is 5.26 Å². The molecule has 1 aliphatic carbocycles. The molecule has 0 radical (unpaired) electrons. The Balaban J connectivity index is 1.82. The first kappa shape index (κ1) is 20.4. The molecule has 1 saturated carbocycles. The van der Waals surface area contributed by atoms with Crippen LogP contribution in [0.15, 0.2) is 30.0 Å². The SMILES string of the molecule is COC1=CC(=O)OC(CCc2ccc(C(C)(C)C#N)c(F)c2)(C2CCCC2)C1. The maximum atomic E-state index is 14.6. The summed E-state index contributed by atoms with van der Waals surface area (Å²) >= 11 is 0. The van der Waals surface area contributed by atoms with E-state index in [1.165, 1.54) is 12.1 Å². The third-order valence-corrected chi connectivity index (χ3v) is 6.24. The highest BCUT2D eigenvalue weighted by atomic mass is 19.1. The molecule has 28 heavy (non-hydrogen) atoms. The second kappa shape index (κ2) is 7.95. The zero-order chi connectivity index (χ0) is 20.4. The Hall–Kier alpha value is -2.35. The monoisotopic (exact) mass is 385 g/mol. The minimum atomic E-state index is -0.870. The number of rotatable bonds is 6. The number of methoxy groups -OCH3 is 1. The Bertz CT molecular complexity index is 818. The topological polar surface area (TPSA) is 59.3 Å². The van der Waals surface area contributed by atoms with E-state index in [1.54, 1.807) is 27.0 Å². The highest BCUT2D eigenvalue weighted by molar-refractivity contribution is 5.84. The molecule has 0 aromatic heterocycles. The fraction of sp³-hybridized carbons (Fsp3) is 0.565. The third kappa shape index (κ3) is 4.06. The number of halogens is 1. The fourth-order valence-electron chi connectivity index (χ4n) is 4.53. The minimum Gasteiger partial charge on any atom is -0.501 e. The highest BCUT2D eigenvalue weighted by Crippen LogP contribution is 2.45. The summed E-state index contributed by atoms with van der Waals surface area (Å²) in [6.07, 6.45) is 7.58. The van der Waals surface area contributed by atoms with Crippen LogP contribution in [0.2, 0.25) is 0 Å². The standard InChI is InChI=1S/C23H28FNO3/c1-22(2,15-25)19-9-8-16(12-20(19)24)10-11-23(17-6-4-5-7-17)14-18(27-3)13-21(26)28-23/h8-9,12-13,17H,4-7,10-11,14H2,1-3H3. The Morgan fingerprint density at radius 1 is 1.36 bits per heavy atom. The van der Waals surface area contributed by atoms with Gasteiger partial charge in [-0.25, -0.2) is 9.18 Å². The van der Waals surface area contributed by atoms with Crippen molar-refractivity contribution in [1.29, 1.82) is 5.26 Å². The van der Waals surface area contributed by atoms with Gasteiger partial charge in [-0.1, -0.05) is 25.0 Å². The van der Waals surface area contributed by atoms with Crippen LogP contribution in [0.1, 0.15) is 63.5 Å². The van der Waals surface area contributed by atoms with Crippen molar-refractivity contribution < 1.29 is 18.7 Å². The van der Waals surface area contributed by atoms with Gasteiger partial charge in [-0.15, -0.1) is 0 Å². The number of carbonyl (C=O) groups is 1. The van der Waals surface area contributed by atoms with E-state index in [2.05, 4.69) is 6.07 Å². The van der Waals surface area contributed by atoms with E-state index in [4.69, 9.17) is 9.47 Å². The van der Waals surface area contributed by atoms with Gasteiger partial charge in [0.25, 0.3) is 0 Å². The fourth-order valence-corrected chi connectivity index (χ4v) is 4.53. The Kier molecular flexibility index (Phi) is 5.79. The number of cyclic esters (lactones) is 1. The van der Waals surface area contributed by atoms with E-state index in [0.29, 0.717) is 36.5 Å². The number of benzene rings is 1. The van der Waals surface area contributed by atoms with Crippen LogP contribution in [-0.2, 0) is 26.1 Å². The summed E-state index contributed by atoms with van der Waals surface area (Å²) in [5.74, 6) is 0.238. The van der Waals surface area contributed by atoms with Crippen LogP contribution in [-0.4, -0.2) is 18.7 Å². The van der Waals surface area contributed by atoms with Crippen LogP contribution in [0.4, 0.5) is 4.39 Å². The molecule has 0 N–H and O–H groups in total. The van der Waals surface area contributed by atoms with Crippen molar-refractivity contribution in [2.75, 3.05) is 7.11 Å². The summed E-state index contributed by atoms with van der Waals surface area (Å²) in [4.78, 5) is 12.2. The van der Waals surface area contributed by atoms with Gasteiger partial charge in [0.1, 0.15) is 17.2 Å². The second-order valence-electron chi connectivity index (χ2n) is 8.51. The Morgan fingerprint density at radius 3 is 2.68 bits per heavy atom. The van der Waals surface area contributed by atoms with Gasteiger partial charge in [0.15, 0.2) is 0 Å². The first-order valence-corrected chi connectivity index (χ1v) is 9.97. The molecule has 2 aliphatic rings. The third-order valence-electron chi connectivity index (χ3n) is 6.24. The lowest BCUT2D eigenvalue weighted by molar-refractivity contribution is -0.165. The van der Waals surface area contributed by atoms with Crippen molar-refractivity contribution in [1.82, 2.24) is 0 Å². The average Bonchev–Trinajstić information content (AvgIpc) is 3.21. The van der Waals surface area contributed by atoms with Crippen LogP contribution >= 0.6 is 0 Å². The number of esters is 1. The molecule has 4 nitrogen and oxygen atoms in total. The molecule has 0 spiro atoms. The van der Waals surface area contributed by atoms with E-state index in [1.807, 2.05) is 6.07 Å². The number of nitrogens with zero attached hydrogens (tertiary/aromatic N) is 1. The quantitative estimate of drug-likeness (QED) is 0.649. The lowest BCUT2D eigenvalue weighted by atomic mass is 9.77. The molecule has 150 valence electrons. The summed E-state index contributed by atoms with van der Waals surface area (Å²) in [5.41, 5.74) is -0.214. The number of hydrogen-bond donors (Lipinski definition) is 0. The van der Waals surface area contributed by atoms with Crippen LogP contribution in [0.5, 0.6) is 0 Å². The molecule has 1 aromatic rings. The maximum absolute atomic E-state index is 14.6. The lowest BCUT2D eigenvalue weighted by Crippen LogP contribution is -2.45. The molecule has 5 heteroatoms. The highest BCUT2D eigenvalue weighted by Gasteiger charge is 2.46. The van der Waals surface area contributed by atoms with Crippen molar-refractivity contribution in [3.8, 4) is 6.07 Å². The van der Waals surface area contributed by atoms with Gasteiger partial charge < -0.3 is 9.47 Å². The average molecular weight is 385 g/mol. The number of ether oxygens (including phenoxy) is 2. The van der Waals surface area contributed by atoms with Crippen molar-refractivity contribution in [3.63, 3.8) is 0 Å². The number of carbonyl (C=O) groups excluding carboxylic acids is 1. The second-order valence-corrected chi connectivity index (χ2v) is 8.51. The zero-order valence-corrected chi connectivity index (χ0v) is 16.9. The zero-order valence-electron chi connectivity index (χ0n) is 16.9. The summed E-state index contributed by atoms with van der Waals surface area (Å²) in [6.45, 7) is 3.42. The molecular formula is C23H28FNO3. The largest absolute Gasteiger partial charge is 0.501 e. The van der Waals surface area contributed by atoms with Gasteiger partial charge >= 0.3 is 5.97 Å². The van der Waals surface area contributed by atoms with Crippen LogP contribution < -0.4 is 0 Å². The molecule has 1 aliphatic heterocycles. The van der Waals surface area contributed by atoms with Crippen molar-refractivity contribution in [2.45, 2.75) is 69.8 Å². The molecule has 1 aromatic carbocycles. The molecule has 1 unspecified atom stereocenters. The number of aryl methyl sites for hydroxylation is 1. The van der Waals surface area contributed by atoms with Crippen molar-refractivity contribution in [2.24, 2.45) is 5.92 Å². The van der Waals surface area contributed by atoms with Gasteiger partial charge in [-0.3, -0.25) is 0 Å². The van der Waals surface area contributed by atoms with E-state index in [0.717, 1.165) is 31.2 Å². The van der Waals surface area contributed by atoms with Gasteiger partial charge in [0.05, 0.1) is 24.7 Å². The van der Waals surface area contributed by atoms with E-state index in [-0.39, 0.29) is 11.8 Å². The van der Waals surface area contributed by atoms with Crippen molar-refractivity contribution in [3.05, 3.63) is 47.0 Å². The Labute approximate surface area is 166 Å². The first-order chi connectivity index (χ1) is 13.3. The van der Waals surface area contributed by atoms with Crippen LogP contribution in [0, 0.1) is 23.1 Å². The molecule has 1 atom stereocenters. The van der Waals surface area contributed by atoms with Crippen molar-refractivity contribution >= 4 is 5.97 Å². The predicted octanol–water partition coefficient (Wildman–Crippen LogP) is 4.97. The van der Waals surface area contributed by atoms with Crippen LogP contribution in [0.25, 0.3) is 0 Å². The Morgan fingerprint density at radius 2 is 2.07 bits per heavy atom. The molecular weight excluding hydrogens is 357 g/mol. The summed E-state index contributed by atoms with van der Waals surface area (Å²) in [7, 11) is 1.58. The number of nitriles is 1. The van der Waals surface area contributed by atoms with Gasteiger partial charge in [0.2, 0.25) is 0 Å². The molecule has 0 amide bonds.